The van der Waals surface area contributed by atoms with E-state index in [4.69, 9.17) is 15.3 Å². The maximum absolute atomic E-state index is 12.8. The molecule has 1 aliphatic heterocycles. The van der Waals surface area contributed by atoms with Gasteiger partial charge in [0.05, 0.1) is 16.8 Å². The molecular weight excluding hydrogens is 352 g/mol. The molecule has 3 rings (SSSR count). The zero-order chi connectivity index (χ0) is 19.7. The number of hydrogen-bond donors (Lipinski definition) is 2. The number of nitrogens with two attached hydrogens (primary N) is 1. The Hall–Kier alpha value is -3.88. The lowest BCUT2D eigenvalue weighted by atomic mass is 10.1. The normalized spacial score (nSPS) is 15.2. The van der Waals surface area contributed by atoms with Crippen LogP contribution in [0, 0.1) is 0 Å². The van der Waals surface area contributed by atoms with Crippen LogP contribution in [-0.4, -0.2) is 42.7 Å². The Morgan fingerprint density at radius 3 is 2.37 bits per heavy atom. The van der Waals surface area contributed by atoms with Gasteiger partial charge in [0.25, 0.3) is 11.8 Å². The summed E-state index contributed by atoms with van der Waals surface area (Å²) in [5, 5.41) is 13.9. The van der Waals surface area contributed by atoms with E-state index in [0.29, 0.717) is 17.3 Å². The molecule has 1 aromatic carbocycles. The number of hydrazone groups is 1. The molecule has 0 aliphatic carbocycles. The number of amides is 2. The van der Waals surface area contributed by atoms with E-state index in [-0.39, 0.29) is 16.8 Å². The first-order chi connectivity index (χ1) is 12.8. The average molecular weight is 368 g/mol. The van der Waals surface area contributed by atoms with Crippen molar-refractivity contribution < 1.29 is 23.9 Å². The molecule has 0 spiro atoms. The fourth-order valence-electron chi connectivity index (χ4n) is 2.45. The van der Waals surface area contributed by atoms with Crippen molar-refractivity contribution >= 4 is 41.1 Å². The number of nitrogens with zero attached hydrogens (tertiary/aromatic N) is 3. The van der Waals surface area contributed by atoms with Crippen molar-refractivity contribution in [3.05, 3.63) is 53.3 Å². The summed E-state index contributed by atoms with van der Waals surface area (Å²) in [5.74, 6) is -1.59. The summed E-state index contributed by atoms with van der Waals surface area (Å²) < 4.78 is 5.57. The van der Waals surface area contributed by atoms with Crippen molar-refractivity contribution in [2.24, 2.45) is 10.8 Å². The lowest BCUT2D eigenvalue weighted by molar-refractivity contribution is -0.115. The molecule has 0 fully saturated rings. The monoisotopic (exact) mass is 368 g/mol. The molecule has 1 aliphatic rings. The molecule has 27 heavy (non-hydrogen) atoms. The summed E-state index contributed by atoms with van der Waals surface area (Å²) in [5.41, 5.74) is 5.51. The van der Waals surface area contributed by atoms with E-state index >= 15 is 0 Å². The Kier molecular flexibility index (Phi) is 4.51. The lowest BCUT2D eigenvalue weighted by Crippen LogP contribution is -2.25. The van der Waals surface area contributed by atoms with E-state index in [1.165, 1.54) is 30.3 Å². The molecule has 0 saturated carbocycles. The van der Waals surface area contributed by atoms with Gasteiger partial charge in [0, 0.05) is 20.2 Å². The molecule has 0 saturated heterocycles. The SMILES string of the molecule is CN(C)c1ccc(C=C2C(=O)N(c3ccc(C(=O)O)cc3)N=C2C(N)=O)o1. The molecule has 9 heteroatoms. The van der Waals surface area contributed by atoms with Gasteiger partial charge in [-0.1, -0.05) is 0 Å². The summed E-state index contributed by atoms with van der Waals surface area (Å²) in [6, 6.07) is 8.88. The maximum Gasteiger partial charge on any atom is 0.335 e. The first-order valence-corrected chi connectivity index (χ1v) is 7.83. The van der Waals surface area contributed by atoms with Crippen LogP contribution < -0.4 is 15.6 Å². The van der Waals surface area contributed by atoms with Crippen molar-refractivity contribution in [1.29, 1.82) is 0 Å². The minimum absolute atomic E-state index is 0.00975. The topological polar surface area (TPSA) is 129 Å². The summed E-state index contributed by atoms with van der Waals surface area (Å²) in [6.45, 7) is 0. The number of carboxylic acid groups (broad SMARTS) is 1. The third-order valence-electron chi connectivity index (χ3n) is 3.81. The second kappa shape index (κ2) is 6.79. The molecule has 2 aromatic rings. The van der Waals surface area contributed by atoms with Gasteiger partial charge in [-0.2, -0.15) is 10.1 Å². The van der Waals surface area contributed by atoms with Crippen LogP contribution in [-0.2, 0) is 9.59 Å². The maximum atomic E-state index is 12.8. The molecular formula is C18H16N4O5. The van der Waals surface area contributed by atoms with Gasteiger partial charge in [-0.3, -0.25) is 9.59 Å². The number of hydrogen-bond acceptors (Lipinski definition) is 6. The quantitative estimate of drug-likeness (QED) is 0.766. The fourth-order valence-corrected chi connectivity index (χ4v) is 2.45. The van der Waals surface area contributed by atoms with Crippen LogP contribution >= 0.6 is 0 Å². The van der Waals surface area contributed by atoms with Gasteiger partial charge in [0.2, 0.25) is 0 Å². The van der Waals surface area contributed by atoms with Crippen LogP contribution in [0.25, 0.3) is 6.08 Å². The van der Waals surface area contributed by atoms with Crippen LogP contribution in [0.15, 0.2) is 51.5 Å². The third kappa shape index (κ3) is 3.43. The van der Waals surface area contributed by atoms with Gasteiger partial charge in [-0.25, -0.2) is 4.79 Å². The number of aromatic carboxylic acids is 1. The summed E-state index contributed by atoms with van der Waals surface area (Å²) >= 11 is 0. The van der Waals surface area contributed by atoms with E-state index < -0.39 is 17.8 Å². The summed E-state index contributed by atoms with van der Waals surface area (Å²) in [6.07, 6.45) is 1.39. The van der Waals surface area contributed by atoms with Crippen LogP contribution in [0.1, 0.15) is 16.1 Å². The average Bonchev–Trinajstić information content (AvgIpc) is 3.21. The minimum Gasteiger partial charge on any atom is -0.478 e. The highest BCUT2D eigenvalue weighted by Crippen LogP contribution is 2.26. The Labute approximate surface area is 154 Å². The molecule has 2 heterocycles. The standard InChI is InChI=1S/C18H16N4O5/c1-21(2)14-8-7-12(27-14)9-13-15(16(19)23)20-22(17(13)24)11-5-3-10(4-6-11)18(25)26/h3-9H,1-2H3,(H2,19,23)(H,25,26). The van der Waals surface area contributed by atoms with Crippen LogP contribution in [0.4, 0.5) is 11.6 Å². The third-order valence-corrected chi connectivity index (χ3v) is 3.81. The van der Waals surface area contributed by atoms with E-state index in [2.05, 4.69) is 5.10 Å². The Morgan fingerprint density at radius 2 is 1.85 bits per heavy atom. The van der Waals surface area contributed by atoms with Gasteiger partial charge in [-0.05, 0) is 36.4 Å². The number of carboxylic acids is 1. The van der Waals surface area contributed by atoms with Crippen LogP contribution in [0.2, 0.25) is 0 Å². The predicted octanol–water partition coefficient (Wildman–Crippen LogP) is 1.32. The molecule has 0 bridgehead atoms. The molecule has 0 unspecified atom stereocenters. The number of primary amides is 1. The highest BCUT2D eigenvalue weighted by molar-refractivity contribution is 6.55. The van der Waals surface area contributed by atoms with Crippen molar-refractivity contribution in [3.8, 4) is 0 Å². The highest BCUT2D eigenvalue weighted by Gasteiger charge is 2.34. The van der Waals surface area contributed by atoms with E-state index in [0.717, 1.165) is 5.01 Å². The number of rotatable bonds is 5. The first kappa shape index (κ1) is 17.9. The highest BCUT2D eigenvalue weighted by atomic mass is 16.4. The molecule has 138 valence electrons. The number of carbonyl (C=O) groups excluding carboxylic acids is 2. The zero-order valence-electron chi connectivity index (χ0n) is 14.5. The van der Waals surface area contributed by atoms with Gasteiger partial charge >= 0.3 is 5.97 Å². The number of carbonyl (C=O) groups is 3. The molecule has 3 N–H and O–H groups in total. The number of furan rings is 1. The lowest BCUT2D eigenvalue weighted by Gasteiger charge is -2.11. The molecule has 0 atom stereocenters. The molecule has 9 nitrogen and oxygen atoms in total. The Balaban J connectivity index is 1.97. The fraction of sp³-hybridized carbons (Fsp3) is 0.111. The van der Waals surface area contributed by atoms with Crippen molar-refractivity contribution in [1.82, 2.24) is 0 Å². The van der Waals surface area contributed by atoms with Crippen molar-refractivity contribution in [2.45, 2.75) is 0 Å². The van der Waals surface area contributed by atoms with Crippen molar-refractivity contribution in [3.63, 3.8) is 0 Å². The molecule has 1 aromatic heterocycles. The summed E-state index contributed by atoms with van der Waals surface area (Å²) in [7, 11) is 3.60. The van der Waals surface area contributed by atoms with Crippen molar-refractivity contribution in [2.75, 3.05) is 24.0 Å². The Bertz CT molecular complexity index is 985. The second-order valence-corrected chi connectivity index (χ2v) is 5.91. The number of anilines is 2. The van der Waals surface area contributed by atoms with Gasteiger partial charge in [-0.15, -0.1) is 0 Å². The Morgan fingerprint density at radius 1 is 1.19 bits per heavy atom. The largest absolute Gasteiger partial charge is 0.478 e. The van der Waals surface area contributed by atoms with E-state index in [1.807, 2.05) is 0 Å². The second-order valence-electron chi connectivity index (χ2n) is 5.91. The van der Waals surface area contributed by atoms with E-state index in [1.54, 1.807) is 31.1 Å². The van der Waals surface area contributed by atoms with E-state index in [9.17, 15) is 14.4 Å². The van der Waals surface area contributed by atoms with Crippen LogP contribution in [0.5, 0.6) is 0 Å². The smallest absolute Gasteiger partial charge is 0.335 e. The molecule has 0 radical (unpaired) electrons. The molecule has 2 amide bonds. The zero-order valence-corrected chi connectivity index (χ0v) is 14.5. The minimum atomic E-state index is -1.09. The van der Waals surface area contributed by atoms with Gasteiger partial charge < -0.3 is 20.2 Å². The predicted molar refractivity (Wildman–Crippen MR) is 98.5 cm³/mol. The van der Waals surface area contributed by atoms with Crippen LogP contribution in [0.3, 0.4) is 0 Å². The van der Waals surface area contributed by atoms with Gasteiger partial charge in [0.1, 0.15) is 5.76 Å². The number of benzene rings is 1. The first-order valence-electron chi connectivity index (χ1n) is 7.83. The summed E-state index contributed by atoms with van der Waals surface area (Å²) in [4.78, 5) is 37.2. The van der Waals surface area contributed by atoms with Gasteiger partial charge in [0.15, 0.2) is 11.6 Å².